The van der Waals surface area contributed by atoms with Crippen molar-refractivity contribution >= 4 is 40.2 Å². The summed E-state index contributed by atoms with van der Waals surface area (Å²) in [7, 11) is 0. The lowest BCUT2D eigenvalue weighted by Crippen LogP contribution is -2.42. The number of benzene rings is 1. The van der Waals surface area contributed by atoms with Gasteiger partial charge in [-0.15, -0.1) is 0 Å². The number of carboxylic acids is 1. The number of aliphatic carboxylic acids is 1. The molecule has 108 valence electrons. The second kappa shape index (κ2) is 8.55. The Balaban J connectivity index is 2.34. The van der Waals surface area contributed by atoms with Crippen LogP contribution in [-0.2, 0) is 16.1 Å². The Kier molecular flexibility index (Phi) is 7.03. The zero-order valence-electron chi connectivity index (χ0n) is 11.0. The van der Waals surface area contributed by atoms with Crippen LogP contribution in [0.2, 0.25) is 0 Å². The molecule has 0 aliphatic rings. The molecule has 7 heteroatoms. The van der Waals surface area contributed by atoms with E-state index in [2.05, 4.69) is 10.6 Å². The van der Waals surface area contributed by atoms with Crippen LogP contribution in [0, 0.1) is 0 Å². The Morgan fingerprint density at radius 1 is 1.35 bits per heavy atom. The van der Waals surface area contributed by atoms with E-state index in [9.17, 15) is 9.59 Å². The quantitative estimate of drug-likeness (QED) is 0.689. The molecular weight excluding hydrogens is 296 g/mol. The largest absolute Gasteiger partial charge is 0.480 e. The zero-order valence-corrected chi connectivity index (χ0v) is 12.6. The van der Waals surface area contributed by atoms with Crippen LogP contribution in [0.3, 0.4) is 0 Å². The summed E-state index contributed by atoms with van der Waals surface area (Å²) in [6.07, 6.45) is 0. The number of amides is 1. The average Bonchev–Trinajstić information content (AvgIpc) is 2.41. The Morgan fingerprint density at radius 2 is 2.00 bits per heavy atom. The van der Waals surface area contributed by atoms with Gasteiger partial charge < -0.3 is 15.7 Å². The fourth-order valence-electron chi connectivity index (χ4n) is 1.40. The molecule has 0 aliphatic heterocycles. The number of thiocarbonyl (C=S) groups is 1. The molecule has 3 N–H and O–H groups in total. The van der Waals surface area contributed by atoms with Crippen LogP contribution in [0.5, 0.6) is 0 Å². The van der Waals surface area contributed by atoms with Crippen LogP contribution in [-0.4, -0.2) is 33.1 Å². The van der Waals surface area contributed by atoms with Gasteiger partial charge in [0.2, 0.25) is 5.91 Å². The molecule has 0 aliphatic carbocycles. The standard InChI is InChI=1S/C13H16N2O3S2/c1-9(16)15-11(12(17)18)8-20-13(19)14-7-10-5-3-2-4-6-10/h2-6,11H,7-8H2,1H3,(H,14,19)(H,15,16)(H,17,18)/t11-/m0/s1. The summed E-state index contributed by atoms with van der Waals surface area (Å²) in [6, 6.07) is 8.81. The van der Waals surface area contributed by atoms with Gasteiger partial charge in [-0.1, -0.05) is 54.3 Å². The number of hydrogen-bond donors (Lipinski definition) is 3. The fraction of sp³-hybridized carbons (Fsp3) is 0.308. The molecule has 5 nitrogen and oxygen atoms in total. The number of thioether (sulfide) groups is 1. The topological polar surface area (TPSA) is 78.4 Å². The van der Waals surface area contributed by atoms with E-state index in [1.807, 2.05) is 30.3 Å². The summed E-state index contributed by atoms with van der Waals surface area (Å²) in [5, 5.41) is 14.3. The third-order valence-electron chi connectivity index (χ3n) is 2.34. The van der Waals surface area contributed by atoms with Gasteiger partial charge in [0.1, 0.15) is 10.4 Å². The van der Waals surface area contributed by atoms with Crippen molar-refractivity contribution in [1.82, 2.24) is 10.6 Å². The van der Waals surface area contributed by atoms with Crippen LogP contribution in [0.1, 0.15) is 12.5 Å². The summed E-state index contributed by atoms with van der Waals surface area (Å²) < 4.78 is 0.505. The highest BCUT2D eigenvalue weighted by Gasteiger charge is 2.18. The van der Waals surface area contributed by atoms with E-state index in [0.29, 0.717) is 10.9 Å². The lowest BCUT2D eigenvalue weighted by molar-refractivity contribution is -0.140. The number of carbonyl (C=O) groups excluding carboxylic acids is 1. The van der Waals surface area contributed by atoms with Gasteiger partial charge in [0.25, 0.3) is 0 Å². The van der Waals surface area contributed by atoms with E-state index < -0.39 is 12.0 Å². The minimum atomic E-state index is -1.07. The van der Waals surface area contributed by atoms with Crippen molar-refractivity contribution in [2.75, 3.05) is 5.75 Å². The van der Waals surface area contributed by atoms with E-state index in [-0.39, 0.29) is 11.7 Å². The summed E-state index contributed by atoms with van der Waals surface area (Å²) in [5.74, 6) is -1.25. The third kappa shape index (κ3) is 6.53. The summed E-state index contributed by atoms with van der Waals surface area (Å²) in [6.45, 7) is 1.87. The average molecular weight is 312 g/mol. The monoisotopic (exact) mass is 312 g/mol. The summed E-state index contributed by atoms with van der Waals surface area (Å²) in [4.78, 5) is 21.8. The molecule has 0 aromatic heterocycles. The maximum absolute atomic E-state index is 10.9. The fourth-order valence-corrected chi connectivity index (χ4v) is 2.39. The predicted molar refractivity (Wildman–Crippen MR) is 83.6 cm³/mol. The number of hydrogen-bond acceptors (Lipinski definition) is 4. The SMILES string of the molecule is CC(=O)N[C@@H](CSC(=S)NCc1ccccc1)C(=O)O. The van der Waals surface area contributed by atoms with E-state index >= 15 is 0 Å². The highest BCUT2D eigenvalue weighted by molar-refractivity contribution is 8.23. The smallest absolute Gasteiger partial charge is 0.327 e. The number of carboxylic acid groups (broad SMARTS) is 1. The van der Waals surface area contributed by atoms with Gasteiger partial charge in [0, 0.05) is 19.2 Å². The molecule has 1 aromatic rings. The van der Waals surface area contributed by atoms with Gasteiger partial charge in [-0.25, -0.2) is 4.79 Å². The molecule has 0 unspecified atom stereocenters. The summed E-state index contributed by atoms with van der Waals surface area (Å²) >= 11 is 6.32. The van der Waals surface area contributed by atoms with E-state index in [4.69, 9.17) is 17.3 Å². The normalized spacial score (nSPS) is 11.4. The van der Waals surface area contributed by atoms with Crippen molar-refractivity contribution in [2.24, 2.45) is 0 Å². The number of nitrogens with one attached hydrogen (secondary N) is 2. The van der Waals surface area contributed by atoms with Gasteiger partial charge >= 0.3 is 5.97 Å². The minimum Gasteiger partial charge on any atom is -0.480 e. The van der Waals surface area contributed by atoms with Crippen molar-refractivity contribution in [3.05, 3.63) is 35.9 Å². The zero-order chi connectivity index (χ0) is 15.0. The van der Waals surface area contributed by atoms with E-state index in [1.165, 1.54) is 18.7 Å². The highest BCUT2D eigenvalue weighted by Crippen LogP contribution is 2.07. The van der Waals surface area contributed by atoms with Crippen LogP contribution >= 0.6 is 24.0 Å². The molecule has 1 rings (SSSR count). The lowest BCUT2D eigenvalue weighted by Gasteiger charge is -2.13. The maximum atomic E-state index is 10.9. The Bertz CT molecular complexity index is 480. The first-order valence-corrected chi connectivity index (χ1v) is 7.33. The maximum Gasteiger partial charge on any atom is 0.327 e. The lowest BCUT2D eigenvalue weighted by atomic mass is 10.2. The van der Waals surface area contributed by atoms with Gasteiger partial charge in [0.05, 0.1) is 0 Å². The van der Waals surface area contributed by atoms with Gasteiger partial charge in [-0.3, -0.25) is 4.79 Å². The molecule has 1 atom stereocenters. The van der Waals surface area contributed by atoms with E-state index in [0.717, 1.165) is 5.56 Å². The van der Waals surface area contributed by atoms with Crippen molar-refractivity contribution in [2.45, 2.75) is 19.5 Å². The van der Waals surface area contributed by atoms with Crippen LogP contribution in [0.15, 0.2) is 30.3 Å². The van der Waals surface area contributed by atoms with Crippen molar-refractivity contribution in [1.29, 1.82) is 0 Å². The number of carbonyl (C=O) groups is 2. The Morgan fingerprint density at radius 3 is 2.55 bits per heavy atom. The van der Waals surface area contributed by atoms with Gasteiger partial charge in [-0.2, -0.15) is 0 Å². The molecule has 1 aromatic carbocycles. The van der Waals surface area contributed by atoms with E-state index in [1.54, 1.807) is 0 Å². The molecule has 0 heterocycles. The Hall–Kier alpha value is -1.60. The molecule has 0 radical (unpaired) electrons. The van der Waals surface area contributed by atoms with Crippen LogP contribution < -0.4 is 10.6 Å². The van der Waals surface area contributed by atoms with Crippen LogP contribution in [0.25, 0.3) is 0 Å². The molecular formula is C13H16N2O3S2. The Labute approximate surface area is 127 Å². The molecule has 0 spiro atoms. The predicted octanol–water partition coefficient (Wildman–Crippen LogP) is 1.38. The molecule has 0 saturated heterocycles. The van der Waals surface area contributed by atoms with Crippen LogP contribution in [0.4, 0.5) is 0 Å². The second-order valence-corrected chi connectivity index (χ2v) is 5.73. The van der Waals surface area contributed by atoms with Gasteiger partial charge in [0.15, 0.2) is 0 Å². The first-order chi connectivity index (χ1) is 9.49. The number of rotatable bonds is 6. The minimum absolute atomic E-state index is 0.190. The second-order valence-electron chi connectivity index (χ2n) is 4.03. The first kappa shape index (κ1) is 16.5. The van der Waals surface area contributed by atoms with Gasteiger partial charge in [-0.05, 0) is 5.56 Å². The molecule has 0 fully saturated rings. The van der Waals surface area contributed by atoms with Crippen molar-refractivity contribution in [3.63, 3.8) is 0 Å². The molecule has 0 saturated carbocycles. The molecule has 20 heavy (non-hydrogen) atoms. The van der Waals surface area contributed by atoms with Crippen molar-refractivity contribution in [3.8, 4) is 0 Å². The van der Waals surface area contributed by atoms with Crippen molar-refractivity contribution < 1.29 is 14.7 Å². The third-order valence-corrected chi connectivity index (χ3v) is 3.74. The molecule has 1 amide bonds. The molecule has 0 bridgehead atoms. The summed E-state index contributed by atoms with van der Waals surface area (Å²) in [5.41, 5.74) is 1.09. The first-order valence-electron chi connectivity index (χ1n) is 5.93. The highest BCUT2D eigenvalue weighted by atomic mass is 32.2.